The van der Waals surface area contributed by atoms with Crippen molar-refractivity contribution in [1.29, 1.82) is 0 Å². The molecule has 0 aliphatic heterocycles. The van der Waals surface area contributed by atoms with E-state index in [0.29, 0.717) is 12.1 Å². The topological polar surface area (TPSA) is 55.1 Å². The maximum Gasteiger partial charge on any atom is 0.251 e. The van der Waals surface area contributed by atoms with Crippen LogP contribution in [-0.4, -0.2) is 12.5 Å². The second-order valence-electron chi connectivity index (χ2n) is 2.99. The second-order valence-corrected chi connectivity index (χ2v) is 2.99. The standard InChI is InChI=1S/C10H13FN2O/c1-2-5-13-10(14)7-3-4-8(11)9(12)6-7/h3-4,6H,2,5,12H2,1H3,(H,13,14). The van der Waals surface area contributed by atoms with Crippen LogP contribution in [0, 0.1) is 5.82 Å². The summed E-state index contributed by atoms with van der Waals surface area (Å²) in [5, 5.41) is 2.68. The molecule has 3 nitrogen and oxygen atoms in total. The molecule has 3 N–H and O–H groups in total. The molecule has 1 aromatic carbocycles. The fourth-order valence-electron chi connectivity index (χ4n) is 1.03. The molecule has 0 aliphatic rings. The van der Waals surface area contributed by atoms with Crippen LogP contribution in [0.15, 0.2) is 18.2 Å². The predicted octanol–water partition coefficient (Wildman–Crippen LogP) is 1.55. The minimum atomic E-state index is -0.503. The molecule has 0 aromatic heterocycles. The molecule has 0 heterocycles. The van der Waals surface area contributed by atoms with Gasteiger partial charge in [-0.2, -0.15) is 0 Å². The number of nitrogens with one attached hydrogen (secondary N) is 1. The molecule has 0 bridgehead atoms. The van der Waals surface area contributed by atoms with Gasteiger partial charge in [-0.15, -0.1) is 0 Å². The van der Waals surface area contributed by atoms with Gasteiger partial charge in [0.05, 0.1) is 5.69 Å². The number of carbonyl (C=O) groups excluding carboxylic acids is 1. The van der Waals surface area contributed by atoms with Crippen molar-refractivity contribution in [2.24, 2.45) is 0 Å². The van der Waals surface area contributed by atoms with Crippen molar-refractivity contribution in [1.82, 2.24) is 5.32 Å². The lowest BCUT2D eigenvalue weighted by Gasteiger charge is -2.04. The summed E-state index contributed by atoms with van der Waals surface area (Å²) in [6, 6.07) is 3.94. The van der Waals surface area contributed by atoms with Crippen LogP contribution in [0.4, 0.5) is 10.1 Å². The summed E-state index contributed by atoms with van der Waals surface area (Å²) in [6.45, 7) is 2.56. The summed E-state index contributed by atoms with van der Waals surface area (Å²) in [7, 11) is 0. The third kappa shape index (κ3) is 2.45. The second kappa shape index (κ2) is 4.60. The SMILES string of the molecule is CCCNC(=O)c1ccc(F)c(N)c1. The number of nitrogens with two attached hydrogens (primary N) is 1. The lowest BCUT2D eigenvalue weighted by atomic mass is 10.2. The zero-order chi connectivity index (χ0) is 10.6. The van der Waals surface area contributed by atoms with E-state index in [9.17, 15) is 9.18 Å². The van der Waals surface area contributed by atoms with Crippen LogP contribution in [0.2, 0.25) is 0 Å². The van der Waals surface area contributed by atoms with Gasteiger partial charge in [-0.25, -0.2) is 4.39 Å². The number of amides is 1. The summed E-state index contributed by atoms with van der Waals surface area (Å²) in [4.78, 5) is 11.4. The van der Waals surface area contributed by atoms with Gasteiger partial charge in [0.1, 0.15) is 5.82 Å². The number of carbonyl (C=O) groups is 1. The van der Waals surface area contributed by atoms with Gasteiger partial charge < -0.3 is 11.1 Å². The minimum Gasteiger partial charge on any atom is -0.396 e. The zero-order valence-electron chi connectivity index (χ0n) is 8.01. The highest BCUT2D eigenvalue weighted by Gasteiger charge is 2.06. The molecule has 0 unspecified atom stereocenters. The Labute approximate surface area is 82.1 Å². The first-order valence-electron chi connectivity index (χ1n) is 4.48. The Morgan fingerprint density at radius 1 is 1.57 bits per heavy atom. The summed E-state index contributed by atoms with van der Waals surface area (Å²) in [6.07, 6.45) is 0.864. The smallest absolute Gasteiger partial charge is 0.251 e. The van der Waals surface area contributed by atoms with Gasteiger partial charge in [-0.3, -0.25) is 4.79 Å². The number of rotatable bonds is 3. The minimum absolute atomic E-state index is 0.00542. The number of anilines is 1. The van der Waals surface area contributed by atoms with E-state index in [4.69, 9.17) is 5.73 Å². The van der Waals surface area contributed by atoms with E-state index in [1.54, 1.807) is 0 Å². The number of hydrogen-bond donors (Lipinski definition) is 2. The third-order valence-electron chi connectivity index (χ3n) is 1.79. The predicted molar refractivity (Wildman–Crippen MR) is 53.4 cm³/mol. The fourth-order valence-corrected chi connectivity index (χ4v) is 1.03. The Balaban J connectivity index is 2.76. The van der Waals surface area contributed by atoms with E-state index in [1.807, 2.05) is 6.92 Å². The van der Waals surface area contributed by atoms with Gasteiger partial charge in [-0.05, 0) is 24.6 Å². The molecule has 1 amide bonds. The Hall–Kier alpha value is -1.58. The Morgan fingerprint density at radius 2 is 2.29 bits per heavy atom. The molecule has 0 saturated carbocycles. The molecule has 0 aliphatic carbocycles. The maximum atomic E-state index is 12.8. The van der Waals surface area contributed by atoms with Crippen molar-refractivity contribution >= 4 is 11.6 Å². The van der Waals surface area contributed by atoms with Gasteiger partial charge in [0, 0.05) is 12.1 Å². The number of benzene rings is 1. The van der Waals surface area contributed by atoms with Crippen molar-refractivity contribution in [2.75, 3.05) is 12.3 Å². The zero-order valence-corrected chi connectivity index (χ0v) is 8.01. The molecular weight excluding hydrogens is 183 g/mol. The summed E-state index contributed by atoms with van der Waals surface area (Å²) in [5.74, 6) is -0.726. The van der Waals surface area contributed by atoms with Gasteiger partial charge >= 0.3 is 0 Å². The summed E-state index contributed by atoms with van der Waals surface area (Å²) in [5.41, 5.74) is 5.71. The van der Waals surface area contributed by atoms with E-state index >= 15 is 0 Å². The third-order valence-corrected chi connectivity index (χ3v) is 1.79. The Morgan fingerprint density at radius 3 is 2.86 bits per heavy atom. The van der Waals surface area contributed by atoms with E-state index < -0.39 is 5.82 Å². The quantitative estimate of drug-likeness (QED) is 0.720. The lowest BCUT2D eigenvalue weighted by Crippen LogP contribution is -2.24. The first kappa shape index (κ1) is 10.5. The first-order valence-corrected chi connectivity index (χ1v) is 4.48. The van der Waals surface area contributed by atoms with Crippen molar-refractivity contribution in [3.8, 4) is 0 Å². The Kier molecular flexibility index (Phi) is 3.45. The van der Waals surface area contributed by atoms with E-state index in [-0.39, 0.29) is 11.6 Å². The first-order chi connectivity index (χ1) is 6.65. The average Bonchev–Trinajstić information content (AvgIpc) is 2.18. The van der Waals surface area contributed by atoms with E-state index in [1.165, 1.54) is 18.2 Å². The molecular formula is C10H13FN2O. The van der Waals surface area contributed by atoms with Crippen LogP contribution in [0.5, 0.6) is 0 Å². The largest absolute Gasteiger partial charge is 0.396 e. The molecule has 14 heavy (non-hydrogen) atoms. The van der Waals surface area contributed by atoms with Crippen LogP contribution >= 0.6 is 0 Å². The highest BCUT2D eigenvalue weighted by molar-refractivity contribution is 5.94. The molecule has 1 rings (SSSR count). The molecule has 1 aromatic rings. The van der Waals surface area contributed by atoms with Crippen LogP contribution in [-0.2, 0) is 0 Å². The average molecular weight is 196 g/mol. The van der Waals surface area contributed by atoms with Crippen LogP contribution in [0.25, 0.3) is 0 Å². The summed E-state index contributed by atoms with van der Waals surface area (Å²) < 4.78 is 12.8. The number of hydrogen-bond acceptors (Lipinski definition) is 2. The lowest BCUT2D eigenvalue weighted by molar-refractivity contribution is 0.0953. The fraction of sp³-hybridized carbons (Fsp3) is 0.300. The number of nitrogen functional groups attached to an aromatic ring is 1. The van der Waals surface area contributed by atoms with Crippen LogP contribution in [0.3, 0.4) is 0 Å². The molecule has 76 valence electrons. The van der Waals surface area contributed by atoms with Crippen molar-refractivity contribution < 1.29 is 9.18 Å². The monoisotopic (exact) mass is 196 g/mol. The molecule has 0 atom stereocenters. The van der Waals surface area contributed by atoms with E-state index in [0.717, 1.165) is 6.42 Å². The molecule has 0 fully saturated rings. The number of halogens is 1. The Bertz CT molecular complexity index is 339. The van der Waals surface area contributed by atoms with Crippen LogP contribution in [0.1, 0.15) is 23.7 Å². The van der Waals surface area contributed by atoms with Gasteiger partial charge in [0.2, 0.25) is 0 Å². The molecule has 0 radical (unpaired) electrons. The highest BCUT2D eigenvalue weighted by Crippen LogP contribution is 2.11. The van der Waals surface area contributed by atoms with E-state index in [2.05, 4.69) is 5.32 Å². The van der Waals surface area contributed by atoms with Crippen molar-refractivity contribution in [2.45, 2.75) is 13.3 Å². The van der Waals surface area contributed by atoms with Crippen LogP contribution < -0.4 is 11.1 Å². The maximum absolute atomic E-state index is 12.8. The molecule has 0 spiro atoms. The molecule has 4 heteroatoms. The van der Waals surface area contributed by atoms with Gasteiger partial charge in [0.25, 0.3) is 5.91 Å². The summed E-state index contributed by atoms with van der Waals surface area (Å²) >= 11 is 0. The van der Waals surface area contributed by atoms with Crippen molar-refractivity contribution in [3.63, 3.8) is 0 Å². The molecule has 0 saturated heterocycles. The van der Waals surface area contributed by atoms with Gasteiger partial charge in [0.15, 0.2) is 0 Å². The normalized spacial score (nSPS) is 9.86. The highest BCUT2D eigenvalue weighted by atomic mass is 19.1. The van der Waals surface area contributed by atoms with Crippen molar-refractivity contribution in [3.05, 3.63) is 29.6 Å². The van der Waals surface area contributed by atoms with Gasteiger partial charge in [-0.1, -0.05) is 6.92 Å².